The fraction of sp³-hybridized carbons (Fsp3) is 0.125. The highest BCUT2D eigenvalue weighted by Crippen LogP contribution is 2.22. The summed E-state index contributed by atoms with van der Waals surface area (Å²) in [7, 11) is 0. The Labute approximate surface area is 138 Å². The van der Waals surface area contributed by atoms with Crippen LogP contribution in [0.1, 0.15) is 11.1 Å². The van der Waals surface area contributed by atoms with E-state index in [-0.39, 0.29) is 12.5 Å². The maximum absolute atomic E-state index is 11.7. The molecule has 0 saturated carbocycles. The highest BCUT2D eigenvalue weighted by molar-refractivity contribution is 5.85. The molecular weight excluding hydrogens is 312 g/mol. The number of hydrogen-bond donors (Lipinski definition) is 2. The monoisotopic (exact) mass is 327 g/mol. The Morgan fingerprint density at radius 3 is 2.79 bits per heavy atom. The Morgan fingerprint density at radius 1 is 1.29 bits per heavy atom. The molecule has 0 fully saturated rings. The van der Waals surface area contributed by atoms with E-state index in [1.165, 1.54) is 12.3 Å². The summed E-state index contributed by atoms with van der Waals surface area (Å²) in [4.78, 5) is 21.6. The average Bonchev–Trinajstić information content (AvgIpc) is 2.54. The van der Waals surface area contributed by atoms with E-state index in [9.17, 15) is 20.0 Å². The minimum atomic E-state index is -0.760. The molecular formula is C16H15N4O4-. The Bertz CT molecular complexity index is 789. The number of benzene rings is 2. The van der Waals surface area contributed by atoms with Crippen molar-refractivity contribution in [3.8, 4) is 5.75 Å². The zero-order valence-corrected chi connectivity index (χ0v) is 12.9. The van der Waals surface area contributed by atoms with Gasteiger partial charge < -0.3 is 10.4 Å². The van der Waals surface area contributed by atoms with Crippen LogP contribution in [0.25, 0.3) is 0 Å². The molecule has 2 aromatic rings. The van der Waals surface area contributed by atoms with Crippen molar-refractivity contribution < 1.29 is 14.8 Å². The Kier molecular flexibility index (Phi) is 5.45. The number of amides is 1. The number of anilines is 1. The SMILES string of the molecule is Cc1cccc(NCC(=O)N/N=C\c2ccc([O-])c([N+](=O)[O-])c2)c1. The molecule has 0 saturated heterocycles. The largest absolute Gasteiger partial charge is 0.868 e. The van der Waals surface area contributed by atoms with E-state index in [1.54, 1.807) is 0 Å². The molecule has 0 aromatic heterocycles. The number of aryl methyl sites for hydroxylation is 1. The van der Waals surface area contributed by atoms with Crippen LogP contribution >= 0.6 is 0 Å². The van der Waals surface area contributed by atoms with E-state index in [0.29, 0.717) is 5.56 Å². The van der Waals surface area contributed by atoms with Crippen molar-refractivity contribution in [2.75, 3.05) is 11.9 Å². The molecule has 0 spiro atoms. The summed E-state index contributed by atoms with van der Waals surface area (Å²) in [6, 6.07) is 11.1. The fourth-order valence-electron chi connectivity index (χ4n) is 1.91. The van der Waals surface area contributed by atoms with E-state index in [4.69, 9.17) is 0 Å². The van der Waals surface area contributed by atoms with Crippen molar-refractivity contribution >= 4 is 23.5 Å². The van der Waals surface area contributed by atoms with Crippen LogP contribution in [0.5, 0.6) is 5.75 Å². The van der Waals surface area contributed by atoms with Gasteiger partial charge >= 0.3 is 0 Å². The number of nitro groups is 1. The van der Waals surface area contributed by atoms with Gasteiger partial charge in [-0.05, 0) is 30.4 Å². The summed E-state index contributed by atoms with van der Waals surface area (Å²) in [6.45, 7) is 1.97. The fourth-order valence-corrected chi connectivity index (χ4v) is 1.91. The Balaban J connectivity index is 1.88. The van der Waals surface area contributed by atoms with Gasteiger partial charge in [-0.1, -0.05) is 24.3 Å². The number of carbonyl (C=O) groups excluding carboxylic acids is 1. The van der Waals surface area contributed by atoms with Crippen LogP contribution in [0.4, 0.5) is 11.4 Å². The van der Waals surface area contributed by atoms with Gasteiger partial charge in [0.05, 0.1) is 17.7 Å². The minimum Gasteiger partial charge on any atom is -0.868 e. The summed E-state index contributed by atoms with van der Waals surface area (Å²) in [6.07, 6.45) is 1.23. The molecule has 0 aliphatic heterocycles. The molecule has 8 nitrogen and oxygen atoms in total. The second kappa shape index (κ2) is 7.73. The molecule has 2 N–H and O–H groups in total. The lowest BCUT2D eigenvalue weighted by Crippen LogP contribution is -2.25. The number of hydrogen-bond acceptors (Lipinski definition) is 6. The second-order valence-corrected chi connectivity index (χ2v) is 5.00. The summed E-state index contributed by atoms with van der Waals surface area (Å²) in [5, 5.41) is 28.6. The summed E-state index contributed by atoms with van der Waals surface area (Å²) >= 11 is 0. The lowest BCUT2D eigenvalue weighted by molar-refractivity contribution is -0.398. The lowest BCUT2D eigenvalue weighted by Gasteiger charge is -2.06. The molecule has 0 bridgehead atoms. The van der Waals surface area contributed by atoms with E-state index < -0.39 is 16.4 Å². The topological polar surface area (TPSA) is 120 Å². The van der Waals surface area contributed by atoms with Crippen LogP contribution in [0.3, 0.4) is 0 Å². The maximum Gasteiger partial charge on any atom is 0.262 e. The number of rotatable bonds is 6. The number of nitro benzene ring substituents is 1. The van der Waals surface area contributed by atoms with Crippen LogP contribution in [-0.4, -0.2) is 23.6 Å². The van der Waals surface area contributed by atoms with Crippen molar-refractivity contribution in [3.63, 3.8) is 0 Å². The molecule has 0 heterocycles. The number of nitrogens with one attached hydrogen (secondary N) is 2. The van der Waals surface area contributed by atoms with Crippen LogP contribution in [-0.2, 0) is 4.79 Å². The molecule has 2 aromatic carbocycles. The minimum absolute atomic E-state index is 0.0282. The quantitative estimate of drug-likeness (QED) is 0.474. The normalized spacial score (nSPS) is 10.5. The van der Waals surface area contributed by atoms with Crippen LogP contribution in [0.15, 0.2) is 47.6 Å². The zero-order chi connectivity index (χ0) is 17.5. The van der Waals surface area contributed by atoms with Crippen LogP contribution in [0.2, 0.25) is 0 Å². The van der Waals surface area contributed by atoms with E-state index in [2.05, 4.69) is 15.8 Å². The first-order chi connectivity index (χ1) is 11.5. The highest BCUT2D eigenvalue weighted by atomic mass is 16.6. The predicted octanol–water partition coefficient (Wildman–Crippen LogP) is 1.54. The third-order valence-corrected chi connectivity index (χ3v) is 3.05. The molecule has 0 aliphatic rings. The van der Waals surface area contributed by atoms with Gasteiger partial charge in [-0.3, -0.25) is 14.9 Å². The van der Waals surface area contributed by atoms with Crippen LogP contribution in [0, 0.1) is 17.0 Å². The highest BCUT2D eigenvalue weighted by Gasteiger charge is 2.07. The molecule has 1 amide bonds. The third kappa shape index (κ3) is 4.80. The van der Waals surface area contributed by atoms with E-state index in [1.807, 2.05) is 31.2 Å². The molecule has 0 radical (unpaired) electrons. The molecule has 0 aliphatic carbocycles. The van der Waals surface area contributed by atoms with Crippen molar-refractivity contribution in [1.82, 2.24) is 5.43 Å². The maximum atomic E-state index is 11.7. The summed E-state index contributed by atoms with van der Waals surface area (Å²) in [5.41, 5.74) is 3.99. The van der Waals surface area contributed by atoms with Gasteiger partial charge in [0.2, 0.25) is 0 Å². The smallest absolute Gasteiger partial charge is 0.262 e. The zero-order valence-electron chi connectivity index (χ0n) is 12.9. The Morgan fingerprint density at radius 2 is 2.08 bits per heavy atom. The van der Waals surface area contributed by atoms with Gasteiger partial charge in [0.1, 0.15) is 0 Å². The molecule has 0 unspecified atom stereocenters. The first-order valence-electron chi connectivity index (χ1n) is 7.03. The van der Waals surface area contributed by atoms with E-state index in [0.717, 1.165) is 23.4 Å². The van der Waals surface area contributed by atoms with Crippen molar-refractivity contribution in [2.24, 2.45) is 5.10 Å². The van der Waals surface area contributed by atoms with Crippen molar-refractivity contribution in [1.29, 1.82) is 0 Å². The number of nitrogens with zero attached hydrogens (tertiary/aromatic N) is 2. The number of carbonyl (C=O) groups is 1. The Hall–Kier alpha value is -3.42. The van der Waals surface area contributed by atoms with Gasteiger partial charge in [0, 0.05) is 17.3 Å². The van der Waals surface area contributed by atoms with Crippen LogP contribution < -0.4 is 15.8 Å². The van der Waals surface area contributed by atoms with Gasteiger partial charge in [0.25, 0.3) is 11.6 Å². The number of hydrazone groups is 1. The summed E-state index contributed by atoms with van der Waals surface area (Å²) < 4.78 is 0. The molecule has 8 heteroatoms. The predicted molar refractivity (Wildman–Crippen MR) is 87.9 cm³/mol. The lowest BCUT2D eigenvalue weighted by atomic mass is 10.2. The molecule has 24 heavy (non-hydrogen) atoms. The molecule has 0 atom stereocenters. The first kappa shape index (κ1) is 16.9. The molecule has 124 valence electrons. The van der Waals surface area contributed by atoms with Gasteiger partial charge in [-0.25, -0.2) is 5.43 Å². The standard InChI is InChI=1S/C16H16N4O4/c1-11-3-2-4-13(7-11)17-10-16(22)19-18-9-12-5-6-15(21)14(8-12)20(23)24/h2-9,17,21H,10H2,1H3,(H,19,22)/p-1/b18-9-. The van der Waals surface area contributed by atoms with Crippen molar-refractivity contribution in [3.05, 3.63) is 63.7 Å². The second-order valence-electron chi connectivity index (χ2n) is 5.00. The first-order valence-corrected chi connectivity index (χ1v) is 7.03. The van der Waals surface area contributed by atoms with Gasteiger partial charge in [-0.15, -0.1) is 0 Å². The van der Waals surface area contributed by atoms with Crippen molar-refractivity contribution in [2.45, 2.75) is 6.92 Å². The van der Waals surface area contributed by atoms with E-state index >= 15 is 0 Å². The summed E-state index contributed by atoms with van der Waals surface area (Å²) in [5.74, 6) is -1.05. The molecule has 2 rings (SSSR count). The van der Waals surface area contributed by atoms with Gasteiger partial charge in [0.15, 0.2) is 0 Å². The van der Waals surface area contributed by atoms with Gasteiger partial charge in [-0.2, -0.15) is 5.10 Å². The average molecular weight is 327 g/mol. The third-order valence-electron chi connectivity index (χ3n) is 3.05.